The Hall–Kier alpha value is -4.26. The van der Waals surface area contributed by atoms with E-state index in [1.54, 1.807) is 31.2 Å². The Morgan fingerprint density at radius 2 is 1.47 bits per heavy atom. The first-order valence-electron chi connectivity index (χ1n) is 10.3. The van der Waals surface area contributed by atoms with E-state index in [1.165, 1.54) is 17.3 Å². The highest BCUT2D eigenvalue weighted by Crippen LogP contribution is 2.20. The second-order valence-corrected chi connectivity index (χ2v) is 7.41. The summed E-state index contributed by atoms with van der Waals surface area (Å²) >= 11 is 0. The molecule has 1 aromatic heterocycles. The molecule has 160 valence electrons. The van der Waals surface area contributed by atoms with Gasteiger partial charge in [0.2, 0.25) is 11.8 Å². The Bertz CT molecular complexity index is 1170. The van der Waals surface area contributed by atoms with Gasteiger partial charge in [0, 0.05) is 11.4 Å². The number of aromatic nitrogens is 3. The average Bonchev–Trinajstić information content (AvgIpc) is 3.36. The highest BCUT2D eigenvalue weighted by molar-refractivity contribution is 5.95. The Labute approximate surface area is 186 Å². The Kier molecular flexibility index (Phi) is 6.36. The molecule has 1 heterocycles. The van der Waals surface area contributed by atoms with E-state index in [1.807, 2.05) is 42.5 Å². The van der Waals surface area contributed by atoms with Crippen LogP contribution in [0.5, 0.6) is 0 Å². The van der Waals surface area contributed by atoms with Gasteiger partial charge in [0.05, 0.1) is 6.42 Å². The fraction of sp³-hybridized carbons (Fsp3) is 0.120. The number of hydrogen-bond acceptors (Lipinski definition) is 4. The minimum absolute atomic E-state index is 0.103. The van der Waals surface area contributed by atoms with Crippen molar-refractivity contribution in [1.29, 1.82) is 0 Å². The molecule has 0 aliphatic rings. The first kappa shape index (κ1) is 21.0. The predicted molar refractivity (Wildman–Crippen MR) is 124 cm³/mol. The fourth-order valence-electron chi connectivity index (χ4n) is 3.26. The van der Waals surface area contributed by atoms with Gasteiger partial charge < -0.3 is 10.6 Å². The second-order valence-electron chi connectivity index (χ2n) is 7.41. The molecule has 1 unspecified atom stereocenters. The molecular weight excluding hydrogens is 402 g/mol. The number of nitrogens with zero attached hydrogens (tertiary/aromatic N) is 3. The maximum Gasteiger partial charge on any atom is 0.249 e. The molecule has 4 rings (SSSR count). The molecule has 0 fully saturated rings. The Morgan fingerprint density at radius 3 is 2.09 bits per heavy atom. The zero-order valence-electron chi connectivity index (χ0n) is 17.6. The molecular formula is C25H23N5O2. The van der Waals surface area contributed by atoms with E-state index in [4.69, 9.17) is 0 Å². The first-order valence-corrected chi connectivity index (χ1v) is 10.3. The van der Waals surface area contributed by atoms with Crippen LogP contribution in [0.3, 0.4) is 0 Å². The quantitative estimate of drug-likeness (QED) is 0.461. The Balaban J connectivity index is 1.30. The van der Waals surface area contributed by atoms with Crippen molar-refractivity contribution in [2.24, 2.45) is 0 Å². The van der Waals surface area contributed by atoms with Crippen LogP contribution in [-0.4, -0.2) is 26.6 Å². The van der Waals surface area contributed by atoms with Gasteiger partial charge in [-0.3, -0.25) is 9.59 Å². The standard InChI is InChI=1S/C25H23N5O2/c1-18(30-17-26-16-27-30)25(32)29-23-13-11-22(12-14-23)28-24(31)15-19-7-9-21(10-8-19)20-5-3-2-4-6-20/h2-14,16-18H,15H2,1H3,(H,28,31)(H,29,32). The monoisotopic (exact) mass is 425 g/mol. The summed E-state index contributed by atoms with van der Waals surface area (Å²) in [7, 11) is 0. The maximum atomic E-state index is 12.4. The summed E-state index contributed by atoms with van der Waals surface area (Å²) in [5.41, 5.74) is 4.50. The number of rotatable bonds is 7. The van der Waals surface area contributed by atoms with Crippen LogP contribution in [0.15, 0.2) is 91.5 Å². The molecule has 4 aromatic rings. The van der Waals surface area contributed by atoms with Crippen LogP contribution >= 0.6 is 0 Å². The molecule has 7 nitrogen and oxygen atoms in total. The lowest BCUT2D eigenvalue weighted by molar-refractivity contribution is -0.119. The van der Waals surface area contributed by atoms with Gasteiger partial charge in [0.15, 0.2) is 0 Å². The third-order valence-corrected chi connectivity index (χ3v) is 5.07. The molecule has 1 atom stereocenters. The van der Waals surface area contributed by atoms with Crippen LogP contribution in [0.2, 0.25) is 0 Å². The van der Waals surface area contributed by atoms with Gasteiger partial charge in [0.25, 0.3) is 0 Å². The van der Waals surface area contributed by atoms with E-state index in [2.05, 4.69) is 32.8 Å². The molecule has 32 heavy (non-hydrogen) atoms. The predicted octanol–water partition coefficient (Wildman–Crippen LogP) is 4.33. The number of carbonyl (C=O) groups excluding carboxylic acids is 2. The lowest BCUT2D eigenvalue weighted by atomic mass is 10.0. The van der Waals surface area contributed by atoms with Crippen molar-refractivity contribution in [3.8, 4) is 11.1 Å². The average molecular weight is 425 g/mol. The number of amides is 2. The smallest absolute Gasteiger partial charge is 0.249 e. The summed E-state index contributed by atoms with van der Waals surface area (Å²) in [4.78, 5) is 28.6. The number of carbonyl (C=O) groups is 2. The van der Waals surface area contributed by atoms with Gasteiger partial charge in [-0.25, -0.2) is 9.67 Å². The van der Waals surface area contributed by atoms with E-state index < -0.39 is 6.04 Å². The van der Waals surface area contributed by atoms with Crippen molar-refractivity contribution in [1.82, 2.24) is 14.8 Å². The number of anilines is 2. The van der Waals surface area contributed by atoms with E-state index in [0.29, 0.717) is 11.4 Å². The van der Waals surface area contributed by atoms with Crippen molar-refractivity contribution < 1.29 is 9.59 Å². The summed E-state index contributed by atoms with van der Waals surface area (Å²) in [5.74, 6) is -0.305. The second kappa shape index (κ2) is 9.70. The van der Waals surface area contributed by atoms with Gasteiger partial charge >= 0.3 is 0 Å². The molecule has 3 aromatic carbocycles. The summed E-state index contributed by atoms with van der Waals surface area (Å²) in [6, 6.07) is 24.6. The zero-order chi connectivity index (χ0) is 22.3. The lowest BCUT2D eigenvalue weighted by Crippen LogP contribution is -2.24. The van der Waals surface area contributed by atoms with Crippen LogP contribution in [0.25, 0.3) is 11.1 Å². The highest BCUT2D eigenvalue weighted by atomic mass is 16.2. The maximum absolute atomic E-state index is 12.4. The van der Waals surface area contributed by atoms with Crippen molar-refractivity contribution in [2.45, 2.75) is 19.4 Å². The molecule has 0 bridgehead atoms. The van der Waals surface area contributed by atoms with Crippen molar-refractivity contribution in [3.63, 3.8) is 0 Å². The van der Waals surface area contributed by atoms with Crippen LogP contribution < -0.4 is 10.6 Å². The van der Waals surface area contributed by atoms with E-state index >= 15 is 0 Å². The van der Waals surface area contributed by atoms with Gasteiger partial charge in [0.1, 0.15) is 18.7 Å². The summed E-state index contributed by atoms with van der Waals surface area (Å²) in [5, 5.41) is 9.69. The number of benzene rings is 3. The molecule has 0 saturated carbocycles. The third-order valence-electron chi connectivity index (χ3n) is 5.07. The lowest BCUT2D eigenvalue weighted by Gasteiger charge is -2.12. The molecule has 2 amide bonds. The minimum Gasteiger partial charge on any atom is -0.326 e. The number of nitrogens with one attached hydrogen (secondary N) is 2. The van der Waals surface area contributed by atoms with E-state index in [-0.39, 0.29) is 18.2 Å². The summed E-state index contributed by atoms with van der Waals surface area (Å²) in [6.07, 6.45) is 3.17. The van der Waals surface area contributed by atoms with Gasteiger partial charge in [-0.15, -0.1) is 0 Å². The molecule has 2 N–H and O–H groups in total. The SMILES string of the molecule is CC(C(=O)Nc1ccc(NC(=O)Cc2ccc(-c3ccccc3)cc2)cc1)n1cncn1. The van der Waals surface area contributed by atoms with Crippen LogP contribution in [0.1, 0.15) is 18.5 Å². The summed E-state index contributed by atoms with van der Waals surface area (Å²) in [6.45, 7) is 1.74. The highest BCUT2D eigenvalue weighted by Gasteiger charge is 2.15. The van der Waals surface area contributed by atoms with Gasteiger partial charge in [-0.2, -0.15) is 5.10 Å². The van der Waals surface area contributed by atoms with E-state index in [0.717, 1.165) is 16.7 Å². The van der Waals surface area contributed by atoms with E-state index in [9.17, 15) is 9.59 Å². The zero-order valence-corrected chi connectivity index (χ0v) is 17.6. The topological polar surface area (TPSA) is 88.9 Å². The molecule has 0 saturated heterocycles. The summed E-state index contributed by atoms with van der Waals surface area (Å²) < 4.78 is 1.48. The van der Waals surface area contributed by atoms with Gasteiger partial charge in [-0.1, -0.05) is 54.6 Å². The molecule has 0 radical (unpaired) electrons. The molecule has 0 spiro atoms. The third kappa shape index (κ3) is 5.26. The van der Waals surface area contributed by atoms with Crippen LogP contribution in [0, 0.1) is 0 Å². The van der Waals surface area contributed by atoms with Crippen molar-refractivity contribution >= 4 is 23.2 Å². The molecule has 0 aliphatic carbocycles. The van der Waals surface area contributed by atoms with Crippen LogP contribution in [-0.2, 0) is 16.0 Å². The van der Waals surface area contributed by atoms with Gasteiger partial charge in [-0.05, 0) is 47.9 Å². The molecule has 7 heteroatoms. The van der Waals surface area contributed by atoms with Crippen molar-refractivity contribution in [3.05, 3.63) is 97.1 Å². The van der Waals surface area contributed by atoms with Crippen molar-refractivity contribution in [2.75, 3.05) is 10.6 Å². The normalized spacial score (nSPS) is 11.5. The first-order chi connectivity index (χ1) is 15.6. The van der Waals surface area contributed by atoms with Crippen LogP contribution in [0.4, 0.5) is 11.4 Å². The minimum atomic E-state index is -0.481. The largest absolute Gasteiger partial charge is 0.326 e. The fourth-order valence-corrected chi connectivity index (χ4v) is 3.26. The Morgan fingerprint density at radius 1 is 0.844 bits per heavy atom. The number of hydrogen-bond donors (Lipinski definition) is 2. The molecule has 0 aliphatic heterocycles.